The zero-order valence-electron chi connectivity index (χ0n) is 8.17. The van der Waals surface area contributed by atoms with Crippen LogP contribution in [0.3, 0.4) is 0 Å². The molecule has 0 saturated heterocycles. The first-order valence-corrected chi connectivity index (χ1v) is 5.26. The van der Waals surface area contributed by atoms with Gasteiger partial charge in [-0.1, -0.05) is 6.07 Å². The number of carboxylic acids is 1. The third-order valence-corrected chi connectivity index (χ3v) is 3.44. The molecule has 0 saturated carbocycles. The molecule has 1 aromatic carbocycles. The summed E-state index contributed by atoms with van der Waals surface area (Å²) in [6.45, 7) is 0. The first-order chi connectivity index (χ1) is 6.97. The van der Waals surface area contributed by atoms with Gasteiger partial charge in [0.25, 0.3) is 0 Å². The normalized spacial score (nSPS) is 22.4. The zero-order chi connectivity index (χ0) is 11.2. The molecule has 88 valence electrons. The zero-order valence-corrected chi connectivity index (χ0v) is 10.6. The topological polar surface area (TPSA) is 63.3 Å². The lowest BCUT2D eigenvalue weighted by Crippen LogP contribution is -2.42. The molecule has 0 aliphatic heterocycles. The molecule has 0 heterocycles. The van der Waals surface area contributed by atoms with Crippen LogP contribution in [-0.4, -0.2) is 11.1 Å². The summed E-state index contributed by atoms with van der Waals surface area (Å²) in [5.41, 5.74) is 5.11. The van der Waals surface area contributed by atoms with Gasteiger partial charge in [0.05, 0.1) is 4.47 Å². The van der Waals surface area contributed by atoms with E-state index in [9.17, 15) is 9.18 Å². The van der Waals surface area contributed by atoms with E-state index in [1.54, 1.807) is 6.07 Å². The van der Waals surface area contributed by atoms with Crippen molar-refractivity contribution in [2.24, 2.45) is 5.73 Å². The highest BCUT2D eigenvalue weighted by Gasteiger charge is 2.43. The van der Waals surface area contributed by atoms with Gasteiger partial charge < -0.3 is 10.8 Å². The summed E-state index contributed by atoms with van der Waals surface area (Å²) in [6, 6.07) is 3.06. The van der Waals surface area contributed by atoms with Gasteiger partial charge in [-0.25, -0.2) is 9.18 Å². The van der Waals surface area contributed by atoms with E-state index >= 15 is 0 Å². The summed E-state index contributed by atoms with van der Waals surface area (Å²) >= 11 is 3.06. The van der Waals surface area contributed by atoms with Crippen molar-refractivity contribution < 1.29 is 14.3 Å². The summed E-state index contributed by atoms with van der Waals surface area (Å²) in [5, 5.41) is 9.02. The lowest BCUT2D eigenvalue weighted by atomic mass is 9.93. The van der Waals surface area contributed by atoms with E-state index in [0.29, 0.717) is 22.0 Å². The van der Waals surface area contributed by atoms with E-state index in [4.69, 9.17) is 10.8 Å². The number of carboxylic acid groups (broad SMARTS) is 1. The quantitative estimate of drug-likeness (QED) is 0.836. The van der Waals surface area contributed by atoms with Crippen LogP contribution in [0.5, 0.6) is 0 Å². The molecule has 1 atom stereocenters. The van der Waals surface area contributed by atoms with Gasteiger partial charge in [-0.3, -0.25) is 0 Å². The predicted molar refractivity (Wildman–Crippen MR) is 63.2 cm³/mol. The summed E-state index contributed by atoms with van der Waals surface area (Å²) in [5.74, 6) is -1.51. The standard InChI is InChI=1S/C10H9BrFNO2.ClH/c11-7-2-1-6-5(8(7)12)3-4-10(6,13)9(14)15;/h1-2H,3-4,13H2,(H,14,15);1H/t10-;/m0./s1. The number of nitrogens with two attached hydrogens (primary N) is 1. The van der Waals surface area contributed by atoms with Crippen molar-refractivity contribution in [3.63, 3.8) is 0 Å². The largest absolute Gasteiger partial charge is 0.480 e. The first-order valence-electron chi connectivity index (χ1n) is 4.46. The predicted octanol–water partition coefficient (Wildman–Crippen LogP) is 2.19. The Morgan fingerprint density at radius 2 is 2.19 bits per heavy atom. The Morgan fingerprint density at radius 1 is 1.56 bits per heavy atom. The molecule has 0 aromatic heterocycles. The van der Waals surface area contributed by atoms with E-state index in [1.807, 2.05) is 0 Å². The average Bonchev–Trinajstić information content (AvgIpc) is 2.52. The molecule has 16 heavy (non-hydrogen) atoms. The van der Waals surface area contributed by atoms with Gasteiger partial charge in [0, 0.05) is 0 Å². The molecule has 1 aliphatic rings. The van der Waals surface area contributed by atoms with Crippen LogP contribution in [0.15, 0.2) is 16.6 Å². The Balaban J connectivity index is 0.00000128. The number of hydrogen-bond acceptors (Lipinski definition) is 2. The van der Waals surface area contributed by atoms with E-state index in [2.05, 4.69) is 15.9 Å². The SMILES string of the molecule is Cl.N[C@@]1(C(=O)O)CCc2c1ccc(Br)c2F. The van der Waals surface area contributed by atoms with Crippen LogP contribution < -0.4 is 5.73 Å². The minimum absolute atomic E-state index is 0. The van der Waals surface area contributed by atoms with Gasteiger partial charge in [-0.15, -0.1) is 12.4 Å². The van der Waals surface area contributed by atoms with Crippen LogP contribution in [0.4, 0.5) is 4.39 Å². The van der Waals surface area contributed by atoms with Crippen molar-refractivity contribution in [3.8, 4) is 0 Å². The van der Waals surface area contributed by atoms with Crippen molar-refractivity contribution in [2.45, 2.75) is 18.4 Å². The molecule has 0 fully saturated rings. The van der Waals surface area contributed by atoms with Gasteiger partial charge >= 0.3 is 5.97 Å². The maximum Gasteiger partial charge on any atom is 0.328 e. The summed E-state index contributed by atoms with van der Waals surface area (Å²) < 4.78 is 14.0. The second-order valence-corrected chi connectivity index (χ2v) is 4.52. The fourth-order valence-corrected chi connectivity index (χ4v) is 2.31. The van der Waals surface area contributed by atoms with Crippen LogP contribution in [-0.2, 0) is 16.8 Å². The fraction of sp³-hybridized carbons (Fsp3) is 0.300. The molecule has 3 N–H and O–H groups in total. The number of fused-ring (bicyclic) bond motifs is 1. The van der Waals surface area contributed by atoms with Crippen molar-refractivity contribution in [1.82, 2.24) is 0 Å². The minimum Gasteiger partial charge on any atom is -0.480 e. The Hall–Kier alpha value is -0.650. The third kappa shape index (κ3) is 1.73. The van der Waals surface area contributed by atoms with Crippen LogP contribution in [0.1, 0.15) is 17.5 Å². The maximum atomic E-state index is 13.6. The molecule has 3 nitrogen and oxygen atoms in total. The lowest BCUT2D eigenvalue weighted by Gasteiger charge is -2.19. The smallest absolute Gasteiger partial charge is 0.328 e. The minimum atomic E-state index is -1.43. The second kappa shape index (κ2) is 4.31. The van der Waals surface area contributed by atoms with Crippen molar-refractivity contribution in [3.05, 3.63) is 33.5 Å². The van der Waals surface area contributed by atoms with Gasteiger partial charge in [0.15, 0.2) is 0 Å². The van der Waals surface area contributed by atoms with E-state index in [1.165, 1.54) is 6.07 Å². The molecule has 0 unspecified atom stereocenters. The van der Waals surface area contributed by atoms with E-state index in [0.717, 1.165) is 0 Å². The van der Waals surface area contributed by atoms with Crippen molar-refractivity contribution in [1.29, 1.82) is 0 Å². The highest BCUT2D eigenvalue weighted by atomic mass is 79.9. The molecular weight excluding hydrogens is 300 g/mol. The van der Waals surface area contributed by atoms with Crippen LogP contribution in [0.2, 0.25) is 0 Å². The average molecular weight is 311 g/mol. The van der Waals surface area contributed by atoms with Gasteiger partial charge in [0.1, 0.15) is 11.4 Å². The van der Waals surface area contributed by atoms with Gasteiger partial charge in [0.2, 0.25) is 0 Å². The summed E-state index contributed by atoms with van der Waals surface area (Å²) in [4.78, 5) is 11.0. The highest BCUT2D eigenvalue weighted by molar-refractivity contribution is 9.10. The molecule has 6 heteroatoms. The maximum absolute atomic E-state index is 13.6. The number of carbonyl (C=O) groups is 1. The van der Waals surface area contributed by atoms with Gasteiger partial charge in [-0.2, -0.15) is 0 Å². The number of rotatable bonds is 1. The van der Waals surface area contributed by atoms with Crippen LogP contribution in [0.25, 0.3) is 0 Å². The van der Waals surface area contributed by atoms with Crippen LogP contribution >= 0.6 is 28.3 Å². The Bertz CT molecular complexity index is 455. The highest BCUT2D eigenvalue weighted by Crippen LogP contribution is 2.38. The number of hydrogen-bond donors (Lipinski definition) is 2. The van der Waals surface area contributed by atoms with Crippen LogP contribution in [0, 0.1) is 5.82 Å². The molecular formula is C10H10BrClFNO2. The summed E-state index contributed by atoms with van der Waals surface area (Å²) in [7, 11) is 0. The Kier molecular flexibility index (Phi) is 3.62. The summed E-state index contributed by atoms with van der Waals surface area (Å²) in [6.07, 6.45) is 0.606. The molecule has 2 rings (SSSR count). The number of halogens is 3. The first kappa shape index (κ1) is 13.4. The molecule has 0 amide bonds. The second-order valence-electron chi connectivity index (χ2n) is 3.66. The van der Waals surface area contributed by atoms with E-state index in [-0.39, 0.29) is 18.8 Å². The Morgan fingerprint density at radius 3 is 2.75 bits per heavy atom. The van der Waals surface area contributed by atoms with Gasteiger partial charge in [-0.05, 0) is 46.0 Å². The van der Waals surface area contributed by atoms with Crippen molar-refractivity contribution in [2.75, 3.05) is 0 Å². The molecule has 0 radical (unpaired) electrons. The molecule has 1 aliphatic carbocycles. The van der Waals surface area contributed by atoms with E-state index < -0.39 is 17.3 Å². The molecule has 1 aromatic rings. The number of benzene rings is 1. The molecule has 0 bridgehead atoms. The lowest BCUT2D eigenvalue weighted by molar-refractivity contribution is -0.143. The monoisotopic (exact) mass is 309 g/mol. The fourth-order valence-electron chi connectivity index (χ4n) is 1.93. The number of aliphatic carboxylic acids is 1. The molecule has 0 spiro atoms. The third-order valence-electron chi connectivity index (χ3n) is 2.83. The van der Waals surface area contributed by atoms with Crippen molar-refractivity contribution >= 4 is 34.3 Å². The Labute approximate surface area is 106 Å².